The summed E-state index contributed by atoms with van der Waals surface area (Å²) in [4.78, 5) is 2.40. The molecule has 1 aliphatic heterocycles. The third kappa shape index (κ3) is 2.99. The van der Waals surface area contributed by atoms with E-state index in [2.05, 4.69) is 30.9 Å². The van der Waals surface area contributed by atoms with E-state index in [9.17, 15) is 0 Å². The molecule has 1 aliphatic rings. The Kier molecular flexibility index (Phi) is 4.52. The first kappa shape index (κ1) is 13.7. The zero-order valence-electron chi connectivity index (χ0n) is 11.3. The van der Waals surface area contributed by atoms with Crippen molar-refractivity contribution in [2.75, 3.05) is 18.0 Å². The molecule has 2 N–H and O–H groups in total. The van der Waals surface area contributed by atoms with Crippen LogP contribution in [0.15, 0.2) is 18.2 Å². The van der Waals surface area contributed by atoms with Crippen molar-refractivity contribution < 1.29 is 0 Å². The Morgan fingerprint density at radius 3 is 2.50 bits per heavy atom. The fourth-order valence-electron chi connectivity index (χ4n) is 2.74. The van der Waals surface area contributed by atoms with E-state index in [0.717, 1.165) is 41.2 Å². The summed E-state index contributed by atoms with van der Waals surface area (Å²) in [6.45, 7) is 7.43. The minimum atomic E-state index is 0.551. The molecule has 0 aromatic heterocycles. The maximum Gasteiger partial charge on any atom is 0.0642 e. The van der Waals surface area contributed by atoms with Gasteiger partial charge in [-0.3, -0.25) is 0 Å². The molecule has 1 heterocycles. The third-order valence-electron chi connectivity index (χ3n) is 4.07. The van der Waals surface area contributed by atoms with Gasteiger partial charge in [0.2, 0.25) is 0 Å². The highest BCUT2D eigenvalue weighted by molar-refractivity contribution is 6.33. The predicted molar refractivity (Wildman–Crippen MR) is 79.1 cm³/mol. The number of benzene rings is 1. The van der Waals surface area contributed by atoms with Crippen LogP contribution in [0, 0.1) is 11.8 Å². The second-order valence-electron chi connectivity index (χ2n) is 5.56. The molecular weight excluding hydrogens is 244 g/mol. The average Bonchev–Trinajstić information content (AvgIpc) is 2.38. The summed E-state index contributed by atoms with van der Waals surface area (Å²) in [6, 6.07) is 6.18. The van der Waals surface area contributed by atoms with Gasteiger partial charge in [0.05, 0.1) is 10.7 Å². The molecular formula is C15H23ClN2. The van der Waals surface area contributed by atoms with Gasteiger partial charge in [-0.2, -0.15) is 0 Å². The highest BCUT2D eigenvalue weighted by atomic mass is 35.5. The molecule has 3 heteroatoms. The molecule has 1 fully saturated rings. The molecule has 1 saturated heterocycles. The van der Waals surface area contributed by atoms with Gasteiger partial charge in [-0.15, -0.1) is 0 Å². The largest absolute Gasteiger partial charge is 0.370 e. The molecule has 1 aromatic rings. The van der Waals surface area contributed by atoms with Crippen LogP contribution in [-0.2, 0) is 6.54 Å². The molecule has 2 nitrogen and oxygen atoms in total. The fourth-order valence-corrected chi connectivity index (χ4v) is 3.06. The van der Waals surface area contributed by atoms with Gasteiger partial charge < -0.3 is 10.6 Å². The fraction of sp³-hybridized carbons (Fsp3) is 0.600. The van der Waals surface area contributed by atoms with Crippen molar-refractivity contribution in [1.29, 1.82) is 0 Å². The van der Waals surface area contributed by atoms with E-state index >= 15 is 0 Å². The van der Waals surface area contributed by atoms with Crippen molar-refractivity contribution in [1.82, 2.24) is 0 Å². The van der Waals surface area contributed by atoms with Crippen molar-refractivity contribution in [3.8, 4) is 0 Å². The number of hydrogen-bond acceptors (Lipinski definition) is 2. The Morgan fingerprint density at radius 2 is 2.00 bits per heavy atom. The predicted octanol–water partition coefficient (Wildman–Crippen LogP) is 3.67. The number of piperidine rings is 1. The molecule has 100 valence electrons. The molecule has 0 atom stereocenters. The number of rotatable bonds is 3. The molecule has 2 rings (SSSR count). The van der Waals surface area contributed by atoms with Crippen molar-refractivity contribution in [2.45, 2.75) is 33.2 Å². The van der Waals surface area contributed by atoms with Crippen molar-refractivity contribution >= 4 is 17.3 Å². The van der Waals surface area contributed by atoms with Crippen LogP contribution in [0.1, 0.15) is 32.3 Å². The molecule has 0 spiro atoms. The number of nitrogens with two attached hydrogens (primary N) is 1. The first-order valence-electron chi connectivity index (χ1n) is 6.85. The van der Waals surface area contributed by atoms with E-state index in [4.69, 9.17) is 17.3 Å². The summed E-state index contributed by atoms with van der Waals surface area (Å²) in [5, 5.41) is 0.834. The van der Waals surface area contributed by atoms with Crippen LogP contribution in [-0.4, -0.2) is 13.1 Å². The summed E-state index contributed by atoms with van der Waals surface area (Å²) in [7, 11) is 0. The molecule has 0 aliphatic carbocycles. The summed E-state index contributed by atoms with van der Waals surface area (Å²) in [5.74, 6) is 1.66. The molecule has 0 radical (unpaired) electrons. The Labute approximate surface area is 115 Å². The van der Waals surface area contributed by atoms with Gasteiger partial charge in [0.25, 0.3) is 0 Å². The first-order valence-corrected chi connectivity index (χ1v) is 7.23. The van der Waals surface area contributed by atoms with Crippen molar-refractivity contribution in [3.63, 3.8) is 0 Å². The maximum absolute atomic E-state index is 6.34. The lowest BCUT2D eigenvalue weighted by Crippen LogP contribution is -2.35. The Bertz CT molecular complexity index is 395. The SMILES string of the molecule is CC(C)C1CCN(c2ccc(CN)cc2Cl)CC1. The average molecular weight is 267 g/mol. The number of anilines is 1. The van der Waals surface area contributed by atoms with E-state index in [1.807, 2.05) is 6.07 Å². The smallest absolute Gasteiger partial charge is 0.0642 e. The van der Waals surface area contributed by atoms with Gasteiger partial charge in [0, 0.05) is 19.6 Å². The minimum Gasteiger partial charge on any atom is -0.370 e. The molecule has 18 heavy (non-hydrogen) atoms. The van der Waals surface area contributed by atoms with Crippen LogP contribution in [0.2, 0.25) is 5.02 Å². The first-order chi connectivity index (χ1) is 8.61. The highest BCUT2D eigenvalue weighted by Gasteiger charge is 2.22. The Morgan fingerprint density at radius 1 is 1.33 bits per heavy atom. The third-order valence-corrected chi connectivity index (χ3v) is 4.37. The van der Waals surface area contributed by atoms with Gasteiger partial charge in [0.15, 0.2) is 0 Å². The van der Waals surface area contributed by atoms with E-state index < -0.39 is 0 Å². The molecule has 0 unspecified atom stereocenters. The summed E-state index contributed by atoms with van der Waals surface area (Å²) in [6.07, 6.45) is 2.54. The van der Waals surface area contributed by atoms with Crippen molar-refractivity contribution in [3.05, 3.63) is 28.8 Å². The van der Waals surface area contributed by atoms with Gasteiger partial charge in [0.1, 0.15) is 0 Å². The van der Waals surface area contributed by atoms with Crippen LogP contribution in [0.25, 0.3) is 0 Å². The van der Waals surface area contributed by atoms with Gasteiger partial charge in [-0.05, 0) is 42.4 Å². The van der Waals surface area contributed by atoms with Gasteiger partial charge >= 0.3 is 0 Å². The lowest BCUT2D eigenvalue weighted by atomic mass is 9.86. The highest BCUT2D eigenvalue weighted by Crippen LogP contribution is 2.32. The van der Waals surface area contributed by atoms with E-state index in [1.165, 1.54) is 12.8 Å². The lowest BCUT2D eigenvalue weighted by Gasteiger charge is -2.35. The standard InChI is InChI=1S/C15H23ClN2/c1-11(2)13-5-7-18(8-6-13)15-4-3-12(10-17)9-14(15)16/h3-4,9,11,13H,5-8,10,17H2,1-2H3. The van der Waals surface area contributed by atoms with Crippen LogP contribution in [0.4, 0.5) is 5.69 Å². The summed E-state index contributed by atoms with van der Waals surface area (Å²) in [5.41, 5.74) is 7.89. The van der Waals surface area contributed by atoms with E-state index in [1.54, 1.807) is 0 Å². The number of hydrogen-bond donors (Lipinski definition) is 1. The van der Waals surface area contributed by atoms with E-state index in [-0.39, 0.29) is 0 Å². The quantitative estimate of drug-likeness (QED) is 0.905. The Balaban J connectivity index is 2.05. The molecule has 0 bridgehead atoms. The second-order valence-corrected chi connectivity index (χ2v) is 5.97. The zero-order chi connectivity index (χ0) is 13.1. The number of nitrogens with zero attached hydrogens (tertiary/aromatic N) is 1. The van der Waals surface area contributed by atoms with Gasteiger partial charge in [-0.25, -0.2) is 0 Å². The maximum atomic E-state index is 6.34. The normalized spacial score (nSPS) is 17.5. The molecule has 0 saturated carbocycles. The van der Waals surface area contributed by atoms with Gasteiger partial charge in [-0.1, -0.05) is 31.5 Å². The molecule has 1 aromatic carbocycles. The van der Waals surface area contributed by atoms with Crippen molar-refractivity contribution in [2.24, 2.45) is 17.6 Å². The van der Waals surface area contributed by atoms with Crippen LogP contribution in [0.5, 0.6) is 0 Å². The Hall–Kier alpha value is -0.730. The zero-order valence-corrected chi connectivity index (χ0v) is 12.1. The monoisotopic (exact) mass is 266 g/mol. The van der Waals surface area contributed by atoms with E-state index in [0.29, 0.717) is 6.54 Å². The summed E-state index contributed by atoms with van der Waals surface area (Å²) < 4.78 is 0. The van der Waals surface area contributed by atoms with Crippen LogP contribution >= 0.6 is 11.6 Å². The lowest BCUT2D eigenvalue weighted by molar-refractivity contribution is 0.311. The molecule has 0 amide bonds. The topological polar surface area (TPSA) is 29.3 Å². The van der Waals surface area contributed by atoms with Crippen LogP contribution < -0.4 is 10.6 Å². The van der Waals surface area contributed by atoms with Crippen LogP contribution in [0.3, 0.4) is 0 Å². The summed E-state index contributed by atoms with van der Waals surface area (Å²) >= 11 is 6.34. The number of halogens is 1. The minimum absolute atomic E-state index is 0.551. The second kappa shape index (κ2) is 5.94.